The smallest absolute Gasteiger partial charge is 0.243 e. The summed E-state index contributed by atoms with van der Waals surface area (Å²) in [7, 11) is -1.25. The Hall–Kier alpha value is -4.36. The number of rotatable bonds is 9. The molecule has 0 fully saturated rings. The Bertz CT molecular complexity index is 1650. The third-order valence-electron chi connectivity index (χ3n) is 6.11. The van der Waals surface area contributed by atoms with Crippen molar-refractivity contribution in [3.05, 3.63) is 72.2 Å². The monoisotopic (exact) mass is 538 g/mol. The molecule has 2 atom stereocenters. The number of methoxy groups -OCH3 is 2. The predicted octanol–water partition coefficient (Wildman–Crippen LogP) is 3.36. The minimum atomic E-state index is -4.22. The van der Waals surface area contributed by atoms with Crippen LogP contribution < -0.4 is 14.2 Å². The molecule has 198 valence electrons. The summed E-state index contributed by atoms with van der Waals surface area (Å²) in [6.07, 6.45) is 0.293. The van der Waals surface area contributed by atoms with Crippen molar-refractivity contribution in [2.24, 2.45) is 0 Å². The average Bonchev–Trinajstić information content (AvgIpc) is 3.65. The fraction of sp³-hybridized carbons (Fsp3) is 0.240. The summed E-state index contributed by atoms with van der Waals surface area (Å²) in [5.74, 6) is 1.82. The zero-order valence-corrected chi connectivity index (χ0v) is 21.9. The summed E-state index contributed by atoms with van der Waals surface area (Å²) in [5.41, 5.74) is 1.30. The molecule has 4 aromatic heterocycles. The minimum absolute atomic E-state index is 0.147. The van der Waals surface area contributed by atoms with Crippen molar-refractivity contribution in [2.45, 2.75) is 25.2 Å². The topological polar surface area (TPSA) is 146 Å². The SMILES string of the molecule is COc1cccc(OC)c1-n1c(NS(=O)(=O)C(C)C(O)c2cc3ccccn3n2)nnc1-c1ccc(C)o1. The molecule has 0 spiro atoms. The van der Waals surface area contributed by atoms with Gasteiger partial charge in [-0.2, -0.15) is 5.10 Å². The van der Waals surface area contributed by atoms with Crippen LogP contribution in [-0.4, -0.2) is 57.4 Å². The number of aliphatic hydroxyl groups excluding tert-OH is 1. The molecule has 2 N–H and O–H groups in total. The van der Waals surface area contributed by atoms with Gasteiger partial charge in [0.1, 0.15) is 34.3 Å². The van der Waals surface area contributed by atoms with Gasteiger partial charge >= 0.3 is 0 Å². The Morgan fingerprint density at radius 3 is 2.39 bits per heavy atom. The highest BCUT2D eigenvalue weighted by Crippen LogP contribution is 2.38. The van der Waals surface area contributed by atoms with E-state index in [1.54, 1.807) is 60.1 Å². The number of anilines is 1. The molecule has 0 saturated heterocycles. The third-order valence-corrected chi connectivity index (χ3v) is 7.81. The highest BCUT2D eigenvalue weighted by molar-refractivity contribution is 7.93. The minimum Gasteiger partial charge on any atom is -0.494 e. The highest BCUT2D eigenvalue weighted by atomic mass is 32.2. The molecule has 5 rings (SSSR count). The normalized spacial score (nSPS) is 13.4. The first-order chi connectivity index (χ1) is 18.2. The van der Waals surface area contributed by atoms with E-state index in [2.05, 4.69) is 20.0 Å². The molecule has 0 saturated carbocycles. The summed E-state index contributed by atoms with van der Waals surface area (Å²) < 4.78 is 49.3. The van der Waals surface area contributed by atoms with Crippen LogP contribution in [0.25, 0.3) is 22.8 Å². The van der Waals surface area contributed by atoms with Crippen molar-refractivity contribution in [1.29, 1.82) is 0 Å². The van der Waals surface area contributed by atoms with Crippen LogP contribution in [0.3, 0.4) is 0 Å². The second kappa shape index (κ2) is 9.84. The van der Waals surface area contributed by atoms with Crippen molar-refractivity contribution in [2.75, 3.05) is 18.9 Å². The number of sulfonamides is 1. The largest absolute Gasteiger partial charge is 0.494 e. The van der Waals surface area contributed by atoms with E-state index in [-0.39, 0.29) is 17.5 Å². The molecule has 2 unspecified atom stereocenters. The fourth-order valence-electron chi connectivity index (χ4n) is 4.06. The van der Waals surface area contributed by atoms with Crippen molar-refractivity contribution in [3.63, 3.8) is 0 Å². The molecular weight excluding hydrogens is 512 g/mol. The summed E-state index contributed by atoms with van der Waals surface area (Å²) >= 11 is 0. The molecule has 0 aliphatic carbocycles. The van der Waals surface area contributed by atoms with E-state index in [1.165, 1.54) is 25.7 Å². The van der Waals surface area contributed by atoms with Crippen molar-refractivity contribution in [3.8, 4) is 28.8 Å². The average molecular weight is 539 g/mol. The van der Waals surface area contributed by atoms with Gasteiger partial charge in [0.05, 0.1) is 25.4 Å². The van der Waals surface area contributed by atoms with Gasteiger partial charge in [-0.1, -0.05) is 12.1 Å². The van der Waals surface area contributed by atoms with Gasteiger partial charge in [0.15, 0.2) is 5.76 Å². The molecule has 0 aliphatic heterocycles. The molecule has 4 heterocycles. The van der Waals surface area contributed by atoms with E-state index >= 15 is 0 Å². The van der Waals surface area contributed by atoms with E-state index in [0.29, 0.717) is 28.7 Å². The molecule has 0 aliphatic rings. The molecular formula is C25H26N6O6S. The van der Waals surface area contributed by atoms with Crippen LogP contribution >= 0.6 is 0 Å². The Balaban J connectivity index is 1.58. The molecule has 13 heteroatoms. The molecule has 0 bridgehead atoms. The summed E-state index contributed by atoms with van der Waals surface area (Å²) in [6, 6.07) is 15.6. The Labute approximate surface area is 218 Å². The lowest BCUT2D eigenvalue weighted by Gasteiger charge is -2.20. The first kappa shape index (κ1) is 25.3. The molecule has 12 nitrogen and oxygen atoms in total. The zero-order chi connectivity index (χ0) is 27.0. The van der Waals surface area contributed by atoms with Gasteiger partial charge in [-0.05, 0) is 56.3 Å². The van der Waals surface area contributed by atoms with Gasteiger partial charge in [0.2, 0.25) is 21.8 Å². The molecule has 38 heavy (non-hydrogen) atoms. The van der Waals surface area contributed by atoms with Crippen molar-refractivity contribution < 1.29 is 27.4 Å². The lowest BCUT2D eigenvalue weighted by Crippen LogP contribution is -2.32. The van der Waals surface area contributed by atoms with E-state index in [1.807, 2.05) is 12.1 Å². The van der Waals surface area contributed by atoms with Gasteiger partial charge in [-0.15, -0.1) is 10.2 Å². The first-order valence-electron chi connectivity index (χ1n) is 11.6. The second-order valence-corrected chi connectivity index (χ2v) is 10.6. The van der Waals surface area contributed by atoms with Crippen LogP contribution in [-0.2, 0) is 10.0 Å². The lowest BCUT2D eigenvalue weighted by atomic mass is 10.2. The zero-order valence-electron chi connectivity index (χ0n) is 21.1. The number of pyridine rings is 1. The number of aryl methyl sites for hydroxylation is 1. The molecule has 0 radical (unpaired) electrons. The first-order valence-corrected chi connectivity index (χ1v) is 13.2. The van der Waals surface area contributed by atoms with Gasteiger partial charge in [-0.25, -0.2) is 12.9 Å². The standard InChI is InChI=1S/C25H26N6O6S/c1-15-11-12-21(37-15)24-26-27-25(31(24)22-19(35-3)9-7-10-20(22)36-4)29-38(33,34)16(2)23(32)18-14-17-8-5-6-13-30(17)28-18/h5-14,16,23,32H,1-4H3,(H,27,29). The Morgan fingerprint density at radius 2 is 1.76 bits per heavy atom. The second-order valence-electron chi connectivity index (χ2n) is 8.54. The number of hydrogen-bond donors (Lipinski definition) is 2. The molecule has 5 aromatic rings. The van der Waals surface area contributed by atoms with Gasteiger partial charge in [-0.3, -0.25) is 9.29 Å². The summed E-state index contributed by atoms with van der Waals surface area (Å²) in [6.45, 7) is 3.16. The van der Waals surface area contributed by atoms with E-state index in [0.717, 1.165) is 5.52 Å². The Kier molecular flexibility index (Phi) is 6.55. The highest BCUT2D eigenvalue weighted by Gasteiger charge is 2.34. The van der Waals surface area contributed by atoms with E-state index in [4.69, 9.17) is 13.9 Å². The fourth-order valence-corrected chi connectivity index (χ4v) is 5.11. The van der Waals surface area contributed by atoms with Crippen molar-refractivity contribution >= 4 is 21.5 Å². The predicted molar refractivity (Wildman–Crippen MR) is 139 cm³/mol. The van der Waals surface area contributed by atoms with Crippen molar-refractivity contribution in [1.82, 2.24) is 24.4 Å². The number of furan rings is 1. The number of fused-ring (bicyclic) bond motifs is 1. The third kappa shape index (κ3) is 4.46. The van der Waals surface area contributed by atoms with Gasteiger partial charge in [0.25, 0.3) is 0 Å². The quantitative estimate of drug-likeness (QED) is 0.288. The number of aromatic nitrogens is 5. The van der Waals surface area contributed by atoms with Crippen LogP contribution in [0.1, 0.15) is 24.5 Å². The van der Waals surface area contributed by atoms with Crippen LogP contribution in [0.15, 0.2) is 65.2 Å². The number of benzene rings is 1. The number of aliphatic hydroxyl groups is 1. The number of nitrogens with zero attached hydrogens (tertiary/aromatic N) is 5. The number of ether oxygens (including phenoxy) is 2. The van der Waals surface area contributed by atoms with E-state index < -0.39 is 21.4 Å². The van der Waals surface area contributed by atoms with Crippen LogP contribution in [0.5, 0.6) is 11.5 Å². The van der Waals surface area contributed by atoms with E-state index in [9.17, 15) is 13.5 Å². The number of para-hydroxylation sites is 1. The summed E-state index contributed by atoms with van der Waals surface area (Å²) in [5, 5.41) is 22.3. The lowest BCUT2D eigenvalue weighted by molar-refractivity contribution is 0.171. The number of nitrogens with one attached hydrogen (secondary N) is 1. The van der Waals surface area contributed by atoms with Gasteiger partial charge < -0.3 is 19.0 Å². The maximum atomic E-state index is 13.5. The maximum absolute atomic E-state index is 13.5. The molecule has 1 aromatic carbocycles. The van der Waals surface area contributed by atoms with Crippen LogP contribution in [0.2, 0.25) is 0 Å². The summed E-state index contributed by atoms with van der Waals surface area (Å²) in [4.78, 5) is 0. The van der Waals surface area contributed by atoms with Crippen LogP contribution in [0, 0.1) is 6.92 Å². The molecule has 0 amide bonds. The maximum Gasteiger partial charge on any atom is 0.243 e. The Morgan fingerprint density at radius 1 is 1.03 bits per heavy atom. The van der Waals surface area contributed by atoms with Crippen LogP contribution in [0.4, 0.5) is 5.95 Å². The number of hydrogen-bond acceptors (Lipinski definition) is 9. The van der Waals surface area contributed by atoms with Gasteiger partial charge in [0, 0.05) is 6.20 Å².